The van der Waals surface area contributed by atoms with Gasteiger partial charge in [-0.1, -0.05) is 56.0 Å². The molecule has 2 fully saturated rings. The van der Waals surface area contributed by atoms with E-state index in [4.69, 9.17) is 0 Å². The number of nitrogens with zero attached hydrogens (tertiary/aromatic N) is 1. The number of likely N-dealkylation sites (tertiary alicyclic amines) is 1. The van der Waals surface area contributed by atoms with Crippen LogP contribution in [0, 0.1) is 0 Å². The molecule has 1 saturated carbocycles. The summed E-state index contributed by atoms with van der Waals surface area (Å²) in [4.78, 5) is 27.1. The number of hydrogen-bond acceptors (Lipinski definition) is 3. The van der Waals surface area contributed by atoms with Gasteiger partial charge < -0.3 is 15.5 Å². The van der Waals surface area contributed by atoms with Gasteiger partial charge in [0.1, 0.15) is 6.04 Å². The van der Waals surface area contributed by atoms with E-state index < -0.39 is 6.04 Å². The van der Waals surface area contributed by atoms with Crippen molar-refractivity contribution in [2.24, 2.45) is 0 Å². The predicted molar refractivity (Wildman–Crippen MR) is 107 cm³/mol. The average Bonchev–Trinajstić information content (AvgIpc) is 2.97. The van der Waals surface area contributed by atoms with Crippen molar-refractivity contribution >= 4 is 11.8 Å². The molecule has 1 unspecified atom stereocenters. The maximum Gasteiger partial charge on any atom is 0.247 e. The summed E-state index contributed by atoms with van der Waals surface area (Å²) < 4.78 is 0. The largest absolute Gasteiger partial charge is 0.353 e. The lowest BCUT2D eigenvalue weighted by Gasteiger charge is -2.34. The Bertz CT molecular complexity index is 597. The molecule has 1 aliphatic heterocycles. The van der Waals surface area contributed by atoms with Crippen LogP contribution in [-0.2, 0) is 9.59 Å². The van der Waals surface area contributed by atoms with Gasteiger partial charge in [-0.05, 0) is 31.2 Å². The summed E-state index contributed by atoms with van der Waals surface area (Å²) >= 11 is 0. The zero-order valence-electron chi connectivity index (χ0n) is 16.3. The van der Waals surface area contributed by atoms with Crippen LogP contribution < -0.4 is 10.6 Å². The smallest absolute Gasteiger partial charge is 0.247 e. The second-order valence-corrected chi connectivity index (χ2v) is 7.79. The molecule has 1 aromatic carbocycles. The van der Waals surface area contributed by atoms with Gasteiger partial charge in [0.2, 0.25) is 11.8 Å². The second kappa shape index (κ2) is 10.5. The Labute approximate surface area is 162 Å². The van der Waals surface area contributed by atoms with Crippen molar-refractivity contribution in [1.82, 2.24) is 15.5 Å². The number of carbonyl (C=O) groups is 2. The number of hydrogen-bond donors (Lipinski definition) is 2. The van der Waals surface area contributed by atoms with E-state index in [-0.39, 0.29) is 11.8 Å². The molecule has 5 nitrogen and oxygen atoms in total. The van der Waals surface area contributed by atoms with Crippen LogP contribution in [0.25, 0.3) is 0 Å². The van der Waals surface area contributed by atoms with E-state index in [1.807, 2.05) is 30.3 Å². The van der Waals surface area contributed by atoms with Crippen molar-refractivity contribution in [3.8, 4) is 0 Å². The Balaban J connectivity index is 1.55. The van der Waals surface area contributed by atoms with Crippen LogP contribution in [-0.4, -0.2) is 42.4 Å². The first kappa shape index (κ1) is 19.9. The summed E-state index contributed by atoms with van der Waals surface area (Å²) in [6, 6.07) is 9.74. The molecule has 3 rings (SSSR count). The third-order valence-electron chi connectivity index (χ3n) is 5.75. The van der Waals surface area contributed by atoms with E-state index in [0.29, 0.717) is 25.6 Å². The van der Waals surface area contributed by atoms with Gasteiger partial charge in [-0.25, -0.2) is 0 Å². The number of piperidine rings is 1. The first-order valence-corrected chi connectivity index (χ1v) is 10.6. The molecule has 2 amide bonds. The predicted octanol–water partition coefficient (Wildman–Crippen LogP) is 3.17. The zero-order valence-corrected chi connectivity index (χ0v) is 16.3. The summed E-state index contributed by atoms with van der Waals surface area (Å²) in [5, 5.41) is 6.65. The van der Waals surface area contributed by atoms with Gasteiger partial charge in [0.25, 0.3) is 0 Å². The SMILES string of the molecule is O=C(NCCNC1CCCCCC1)C(c1ccccc1)N1CCCCC1=O. The van der Waals surface area contributed by atoms with Crippen LogP contribution in [0.4, 0.5) is 0 Å². The minimum absolute atomic E-state index is 0.0703. The zero-order chi connectivity index (χ0) is 18.9. The van der Waals surface area contributed by atoms with Crippen molar-refractivity contribution in [2.75, 3.05) is 19.6 Å². The standard InChI is InChI=1S/C22H33N3O2/c26-20-14-8-9-17-25(20)21(18-10-4-3-5-11-18)22(27)24-16-15-23-19-12-6-1-2-7-13-19/h3-5,10-11,19,21,23H,1-2,6-9,12-17H2,(H,24,27). The average molecular weight is 372 g/mol. The Morgan fingerprint density at radius 3 is 2.44 bits per heavy atom. The van der Waals surface area contributed by atoms with Crippen LogP contribution >= 0.6 is 0 Å². The Hall–Kier alpha value is -1.88. The van der Waals surface area contributed by atoms with E-state index in [1.165, 1.54) is 38.5 Å². The van der Waals surface area contributed by atoms with Gasteiger partial charge in [0, 0.05) is 32.1 Å². The van der Waals surface area contributed by atoms with Gasteiger partial charge >= 0.3 is 0 Å². The first-order valence-electron chi connectivity index (χ1n) is 10.6. The molecule has 1 aromatic rings. The lowest BCUT2D eigenvalue weighted by atomic mass is 10.0. The Kier molecular flexibility index (Phi) is 7.69. The molecule has 0 bridgehead atoms. The molecule has 2 N–H and O–H groups in total. The van der Waals surface area contributed by atoms with Gasteiger partial charge in [0.15, 0.2) is 0 Å². The summed E-state index contributed by atoms with van der Waals surface area (Å²) in [5.74, 6) is 0.0148. The fourth-order valence-corrected chi connectivity index (χ4v) is 4.25. The minimum atomic E-state index is -0.517. The van der Waals surface area contributed by atoms with E-state index in [2.05, 4.69) is 10.6 Å². The number of carbonyl (C=O) groups excluding carboxylic acids is 2. The van der Waals surface area contributed by atoms with Crippen molar-refractivity contribution in [2.45, 2.75) is 69.9 Å². The van der Waals surface area contributed by atoms with E-state index in [1.54, 1.807) is 4.90 Å². The first-order chi connectivity index (χ1) is 13.3. The summed E-state index contributed by atoms with van der Waals surface area (Å²) in [5.41, 5.74) is 0.891. The number of rotatable bonds is 7. The molecular weight excluding hydrogens is 338 g/mol. The molecule has 5 heteroatoms. The van der Waals surface area contributed by atoms with Crippen LogP contribution in [0.1, 0.15) is 69.4 Å². The van der Waals surface area contributed by atoms with Gasteiger partial charge in [0.05, 0.1) is 0 Å². The molecular formula is C22H33N3O2. The van der Waals surface area contributed by atoms with Crippen LogP contribution in [0.3, 0.4) is 0 Å². The molecule has 1 aliphatic carbocycles. The number of amides is 2. The molecule has 2 aliphatic rings. The van der Waals surface area contributed by atoms with Crippen LogP contribution in [0.2, 0.25) is 0 Å². The van der Waals surface area contributed by atoms with Crippen molar-refractivity contribution in [3.63, 3.8) is 0 Å². The Morgan fingerprint density at radius 1 is 1.00 bits per heavy atom. The summed E-state index contributed by atoms with van der Waals surface area (Å²) in [7, 11) is 0. The molecule has 0 aromatic heterocycles. The maximum atomic E-state index is 13.0. The molecule has 1 heterocycles. The van der Waals surface area contributed by atoms with Crippen LogP contribution in [0.15, 0.2) is 30.3 Å². The van der Waals surface area contributed by atoms with E-state index in [0.717, 1.165) is 24.9 Å². The molecule has 0 radical (unpaired) electrons. The minimum Gasteiger partial charge on any atom is -0.353 e. The third-order valence-corrected chi connectivity index (χ3v) is 5.75. The number of benzene rings is 1. The molecule has 1 saturated heterocycles. The van der Waals surface area contributed by atoms with Crippen molar-refractivity contribution in [1.29, 1.82) is 0 Å². The van der Waals surface area contributed by atoms with Gasteiger partial charge in [-0.3, -0.25) is 9.59 Å². The molecule has 1 atom stereocenters. The summed E-state index contributed by atoms with van der Waals surface area (Å²) in [6.07, 6.45) is 10.2. The fraction of sp³-hybridized carbons (Fsp3) is 0.636. The highest BCUT2D eigenvalue weighted by molar-refractivity contribution is 5.89. The fourth-order valence-electron chi connectivity index (χ4n) is 4.25. The summed E-state index contributed by atoms with van der Waals surface area (Å²) in [6.45, 7) is 2.04. The molecule has 0 spiro atoms. The molecule has 27 heavy (non-hydrogen) atoms. The topological polar surface area (TPSA) is 61.4 Å². The quantitative estimate of drug-likeness (QED) is 0.572. The number of nitrogens with one attached hydrogen (secondary N) is 2. The van der Waals surface area contributed by atoms with Crippen LogP contribution in [0.5, 0.6) is 0 Å². The Morgan fingerprint density at radius 2 is 1.74 bits per heavy atom. The highest BCUT2D eigenvalue weighted by Gasteiger charge is 2.32. The highest BCUT2D eigenvalue weighted by Crippen LogP contribution is 2.25. The monoisotopic (exact) mass is 371 g/mol. The van der Waals surface area contributed by atoms with Crippen molar-refractivity contribution < 1.29 is 9.59 Å². The third kappa shape index (κ3) is 5.80. The van der Waals surface area contributed by atoms with Gasteiger partial charge in [-0.2, -0.15) is 0 Å². The van der Waals surface area contributed by atoms with E-state index in [9.17, 15) is 9.59 Å². The lowest BCUT2D eigenvalue weighted by Crippen LogP contribution is -2.47. The second-order valence-electron chi connectivity index (χ2n) is 7.79. The molecule has 148 valence electrons. The van der Waals surface area contributed by atoms with Crippen molar-refractivity contribution in [3.05, 3.63) is 35.9 Å². The van der Waals surface area contributed by atoms with E-state index >= 15 is 0 Å². The van der Waals surface area contributed by atoms with Gasteiger partial charge in [-0.15, -0.1) is 0 Å². The lowest BCUT2D eigenvalue weighted by molar-refractivity contribution is -0.142. The maximum absolute atomic E-state index is 13.0. The normalized spacial score (nSPS) is 20.1. The highest BCUT2D eigenvalue weighted by atomic mass is 16.2.